The van der Waals surface area contributed by atoms with Crippen LogP contribution in [0.2, 0.25) is 0 Å². The van der Waals surface area contributed by atoms with Gasteiger partial charge in [-0.1, -0.05) is 60.7 Å². The Balaban J connectivity index is 1.50. The first kappa shape index (κ1) is 19.3. The first-order chi connectivity index (χ1) is 15.1. The zero-order chi connectivity index (χ0) is 21.4. The molecule has 0 aliphatic rings. The van der Waals surface area contributed by atoms with E-state index in [0.29, 0.717) is 10.2 Å². The van der Waals surface area contributed by atoms with Crippen LogP contribution in [0.15, 0.2) is 77.2 Å². The van der Waals surface area contributed by atoms with Gasteiger partial charge in [-0.15, -0.1) is 22.7 Å². The van der Waals surface area contributed by atoms with Crippen molar-refractivity contribution in [3.63, 3.8) is 0 Å². The van der Waals surface area contributed by atoms with Crippen LogP contribution >= 0.6 is 22.7 Å². The second kappa shape index (κ2) is 7.90. The van der Waals surface area contributed by atoms with E-state index in [9.17, 15) is 9.59 Å². The van der Waals surface area contributed by atoms with Gasteiger partial charge in [0.1, 0.15) is 21.9 Å². The molecule has 0 aliphatic heterocycles. The minimum absolute atomic E-state index is 0.251. The van der Waals surface area contributed by atoms with Crippen LogP contribution < -0.4 is 11.0 Å². The smallest absolute Gasteiger partial charge is 0.267 e. The molecule has 0 spiro atoms. The van der Waals surface area contributed by atoms with E-state index >= 15 is 0 Å². The third kappa shape index (κ3) is 3.56. The lowest BCUT2D eigenvalue weighted by Crippen LogP contribution is -2.33. The minimum Gasteiger partial charge on any atom is -0.267 e. The van der Waals surface area contributed by atoms with Crippen molar-refractivity contribution in [2.75, 3.05) is 5.43 Å². The highest BCUT2D eigenvalue weighted by atomic mass is 32.1. The molecule has 0 atom stereocenters. The highest BCUT2D eigenvalue weighted by Crippen LogP contribution is 2.35. The quantitative estimate of drug-likeness (QED) is 0.426. The van der Waals surface area contributed by atoms with Crippen LogP contribution in [-0.4, -0.2) is 20.6 Å². The Hall–Kier alpha value is -3.62. The number of hydrogen-bond donors (Lipinski definition) is 1. The number of benzene rings is 2. The van der Waals surface area contributed by atoms with E-state index in [1.165, 1.54) is 29.0 Å². The SMILES string of the molecule is Cc1sc2ncn(NC(=O)c3csc(-c4ccccc4)n3)c(=O)c2c1-c1ccccc1. The molecule has 1 amide bonds. The van der Waals surface area contributed by atoms with Crippen LogP contribution in [-0.2, 0) is 0 Å². The number of thiophene rings is 1. The topological polar surface area (TPSA) is 76.9 Å². The fourth-order valence-electron chi connectivity index (χ4n) is 3.39. The molecule has 8 heteroatoms. The number of carbonyl (C=O) groups is 1. The molecule has 0 radical (unpaired) electrons. The zero-order valence-electron chi connectivity index (χ0n) is 16.4. The molecule has 6 nitrogen and oxygen atoms in total. The van der Waals surface area contributed by atoms with E-state index in [2.05, 4.69) is 15.4 Å². The van der Waals surface area contributed by atoms with Crippen LogP contribution in [0.25, 0.3) is 31.9 Å². The monoisotopic (exact) mass is 444 g/mol. The van der Waals surface area contributed by atoms with Crippen molar-refractivity contribution in [1.29, 1.82) is 0 Å². The number of nitrogens with one attached hydrogen (secondary N) is 1. The van der Waals surface area contributed by atoms with Crippen molar-refractivity contribution < 1.29 is 4.79 Å². The molecule has 0 saturated heterocycles. The van der Waals surface area contributed by atoms with E-state index in [0.717, 1.165) is 31.3 Å². The largest absolute Gasteiger partial charge is 0.289 e. The molecule has 0 unspecified atom stereocenters. The van der Waals surface area contributed by atoms with Crippen LogP contribution in [0.4, 0.5) is 0 Å². The molecule has 31 heavy (non-hydrogen) atoms. The Bertz CT molecular complexity index is 1450. The van der Waals surface area contributed by atoms with Crippen molar-refractivity contribution in [2.45, 2.75) is 6.92 Å². The molecule has 5 rings (SSSR count). The fourth-order valence-corrected chi connectivity index (χ4v) is 5.20. The molecule has 1 N–H and O–H groups in total. The standard InChI is InChI=1S/C23H16N4O2S2/c1-14-18(15-8-4-2-5-9-15)19-22(31-14)24-13-27(23(19)29)26-20(28)17-12-30-21(25-17)16-10-6-3-7-11-16/h2-13H,1H3,(H,26,28). The zero-order valence-corrected chi connectivity index (χ0v) is 18.0. The van der Waals surface area contributed by atoms with Gasteiger partial charge in [0.05, 0.1) is 5.39 Å². The van der Waals surface area contributed by atoms with Gasteiger partial charge in [-0.05, 0) is 12.5 Å². The first-order valence-corrected chi connectivity index (χ1v) is 11.2. The lowest BCUT2D eigenvalue weighted by molar-refractivity contribution is 0.100. The fraction of sp³-hybridized carbons (Fsp3) is 0.0435. The van der Waals surface area contributed by atoms with Crippen molar-refractivity contribution in [3.8, 4) is 21.7 Å². The number of aryl methyl sites for hydroxylation is 1. The number of rotatable bonds is 4. The van der Waals surface area contributed by atoms with E-state index < -0.39 is 5.91 Å². The number of fused-ring (bicyclic) bond motifs is 1. The molecule has 3 heterocycles. The number of carbonyl (C=O) groups excluding carboxylic acids is 1. The summed E-state index contributed by atoms with van der Waals surface area (Å²) in [6, 6.07) is 19.4. The van der Waals surface area contributed by atoms with Crippen LogP contribution in [0.5, 0.6) is 0 Å². The minimum atomic E-state index is -0.463. The summed E-state index contributed by atoms with van der Waals surface area (Å²) >= 11 is 2.84. The van der Waals surface area contributed by atoms with Gasteiger partial charge in [0.15, 0.2) is 0 Å². The molecular formula is C23H16N4O2S2. The third-order valence-corrected chi connectivity index (χ3v) is 6.74. The Morgan fingerprint density at radius 3 is 2.39 bits per heavy atom. The van der Waals surface area contributed by atoms with Gasteiger partial charge in [-0.2, -0.15) is 0 Å². The van der Waals surface area contributed by atoms with E-state index in [-0.39, 0.29) is 11.3 Å². The van der Waals surface area contributed by atoms with Crippen molar-refractivity contribution in [2.24, 2.45) is 0 Å². The summed E-state index contributed by atoms with van der Waals surface area (Å²) in [5.74, 6) is -0.463. The molecule has 0 aliphatic carbocycles. The lowest BCUT2D eigenvalue weighted by Gasteiger charge is -2.07. The average molecular weight is 445 g/mol. The van der Waals surface area contributed by atoms with Gasteiger partial charge < -0.3 is 0 Å². The van der Waals surface area contributed by atoms with Gasteiger partial charge in [-0.25, -0.2) is 14.6 Å². The summed E-state index contributed by atoms with van der Waals surface area (Å²) in [5, 5.41) is 2.92. The van der Waals surface area contributed by atoms with E-state index in [4.69, 9.17) is 0 Å². The van der Waals surface area contributed by atoms with Crippen LogP contribution in [0.3, 0.4) is 0 Å². The second-order valence-electron chi connectivity index (χ2n) is 6.84. The summed E-state index contributed by atoms with van der Waals surface area (Å²) < 4.78 is 1.13. The summed E-state index contributed by atoms with van der Waals surface area (Å²) in [4.78, 5) is 36.4. The summed E-state index contributed by atoms with van der Waals surface area (Å²) in [6.45, 7) is 1.97. The Morgan fingerprint density at radius 2 is 1.68 bits per heavy atom. The Kier molecular flexibility index (Phi) is 4.93. The van der Waals surface area contributed by atoms with Gasteiger partial charge in [0, 0.05) is 21.4 Å². The molecule has 0 fully saturated rings. The summed E-state index contributed by atoms with van der Waals surface area (Å²) in [5.41, 5.74) is 5.29. The lowest BCUT2D eigenvalue weighted by atomic mass is 10.0. The molecular weight excluding hydrogens is 428 g/mol. The van der Waals surface area contributed by atoms with Gasteiger partial charge in [-0.3, -0.25) is 15.0 Å². The predicted molar refractivity (Wildman–Crippen MR) is 125 cm³/mol. The number of thiazole rings is 1. The molecule has 3 aromatic heterocycles. The maximum Gasteiger partial charge on any atom is 0.289 e. The van der Waals surface area contributed by atoms with Gasteiger partial charge in [0.2, 0.25) is 0 Å². The molecule has 0 bridgehead atoms. The molecule has 0 saturated carbocycles. The van der Waals surface area contributed by atoms with E-state index in [1.807, 2.05) is 67.6 Å². The van der Waals surface area contributed by atoms with Crippen LogP contribution in [0, 0.1) is 6.92 Å². The number of hydrogen-bond acceptors (Lipinski definition) is 6. The maximum absolute atomic E-state index is 13.2. The highest BCUT2D eigenvalue weighted by molar-refractivity contribution is 7.19. The third-order valence-electron chi connectivity index (χ3n) is 4.83. The Labute approximate surface area is 185 Å². The first-order valence-electron chi connectivity index (χ1n) is 9.50. The van der Waals surface area contributed by atoms with Crippen LogP contribution in [0.1, 0.15) is 15.4 Å². The predicted octanol–water partition coefficient (Wildman–Crippen LogP) is 4.94. The van der Waals surface area contributed by atoms with Crippen molar-refractivity contribution in [1.82, 2.24) is 14.6 Å². The number of aromatic nitrogens is 3. The van der Waals surface area contributed by atoms with Crippen molar-refractivity contribution >= 4 is 38.8 Å². The second-order valence-corrected chi connectivity index (χ2v) is 8.91. The maximum atomic E-state index is 13.2. The highest BCUT2D eigenvalue weighted by Gasteiger charge is 2.18. The molecule has 5 aromatic rings. The van der Waals surface area contributed by atoms with Gasteiger partial charge in [0.25, 0.3) is 11.5 Å². The number of nitrogens with zero attached hydrogens (tertiary/aromatic N) is 3. The van der Waals surface area contributed by atoms with E-state index in [1.54, 1.807) is 5.38 Å². The summed E-state index contributed by atoms with van der Waals surface area (Å²) in [6.07, 6.45) is 1.34. The average Bonchev–Trinajstić information content (AvgIpc) is 3.42. The molecule has 2 aromatic carbocycles. The number of amides is 1. The Morgan fingerprint density at radius 1 is 1.00 bits per heavy atom. The summed E-state index contributed by atoms with van der Waals surface area (Å²) in [7, 11) is 0. The van der Waals surface area contributed by atoms with Crippen molar-refractivity contribution in [3.05, 3.63) is 93.3 Å². The normalized spacial score (nSPS) is 11.0. The van der Waals surface area contributed by atoms with Gasteiger partial charge >= 0.3 is 0 Å². The molecule has 152 valence electrons.